The van der Waals surface area contributed by atoms with Crippen LogP contribution in [0.3, 0.4) is 0 Å². The molecule has 0 aromatic carbocycles. The van der Waals surface area contributed by atoms with E-state index in [0.29, 0.717) is 19.1 Å². The fourth-order valence-corrected chi connectivity index (χ4v) is 4.32. The number of likely N-dealkylation sites (tertiary alicyclic amines) is 1. The highest BCUT2D eigenvalue weighted by molar-refractivity contribution is 7.88. The van der Waals surface area contributed by atoms with Crippen molar-refractivity contribution in [1.29, 1.82) is 0 Å². The summed E-state index contributed by atoms with van der Waals surface area (Å²) in [5.41, 5.74) is -0.0830. The monoisotopic (exact) mass is 317 g/mol. The number of ether oxygens (including phenoxy) is 1. The Balaban J connectivity index is 1.67. The zero-order valence-corrected chi connectivity index (χ0v) is 13.0. The van der Waals surface area contributed by atoms with Crippen LogP contribution in [0.25, 0.3) is 0 Å². The second-order valence-electron chi connectivity index (χ2n) is 5.76. The van der Waals surface area contributed by atoms with Gasteiger partial charge in [0.1, 0.15) is 5.01 Å². The van der Waals surface area contributed by atoms with Gasteiger partial charge in [-0.1, -0.05) is 0 Å². The Hall–Kier alpha value is -0.540. The Morgan fingerprint density at radius 3 is 3.20 bits per heavy atom. The van der Waals surface area contributed by atoms with Gasteiger partial charge in [-0.05, 0) is 0 Å². The van der Waals surface area contributed by atoms with Crippen LogP contribution in [-0.4, -0.2) is 57.4 Å². The first-order chi connectivity index (χ1) is 9.47. The van der Waals surface area contributed by atoms with Gasteiger partial charge in [0.05, 0.1) is 26.0 Å². The lowest BCUT2D eigenvalue weighted by atomic mass is 9.81. The molecule has 0 unspecified atom stereocenters. The molecule has 0 radical (unpaired) electrons. The number of hydrogen-bond donors (Lipinski definition) is 1. The molecule has 20 heavy (non-hydrogen) atoms. The fraction of sp³-hybridized carbons (Fsp3) is 0.750. The van der Waals surface area contributed by atoms with E-state index in [1.165, 1.54) is 6.26 Å². The van der Waals surface area contributed by atoms with Crippen LogP contribution < -0.4 is 4.72 Å². The molecule has 1 aromatic rings. The van der Waals surface area contributed by atoms with Gasteiger partial charge in [0, 0.05) is 42.5 Å². The number of nitrogens with zero attached hydrogens (tertiary/aromatic N) is 2. The summed E-state index contributed by atoms with van der Waals surface area (Å²) in [5, 5.41) is 3.09. The highest BCUT2D eigenvalue weighted by Crippen LogP contribution is 2.41. The van der Waals surface area contributed by atoms with Crippen LogP contribution in [0.5, 0.6) is 0 Å². The second kappa shape index (κ2) is 5.34. The van der Waals surface area contributed by atoms with E-state index in [1.54, 1.807) is 11.3 Å². The summed E-state index contributed by atoms with van der Waals surface area (Å²) in [6, 6.07) is 0. The largest absolute Gasteiger partial charge is 0.380 e. The number of thiazole rings is 1. The van der Waals surface area contributed by atoms with Crippen LogP contribution in [0.2, 0.25) is 0 Å². The molecule has 1 aromatic heterocycles. The van der Waals surface area contributed by atoms with Gasteiger partial charge in [0.2, 0.25) is 10.0 Å². The third kappa shape index (κ3) is 3.04. The molecule has 1 N–H and O–H groups in total. The van der Waals surface area contributed by atoms with Crippen LogP contribution in [0.1, 0.15) is 5.01 Å². The first-order valence-corrected chi connectivity index (χ1v) is 9.37. The van der Waals surface area contributed by atoms with E-state index >= 15 is 0 Å². The molecule has 0 saturated carbocycles. The molecular weight excluding hydrogens is 298 g/mol. The summed E-state index contributed by atoms with van der Waals surface area (Å²) in [6.45, 7) is 4.47. The first-order valence-electron chi connectivity index (χ1n) is 6.60. The molecule has 0 spiro atoms. The lowest BCUT2D eigenvalue weighted by molar-refractivity contribution is 0.128. The minimum absolute atomic E-state index is 0.0830. The Morgan fingerprint density at radius 1 is 1.65 bits per heavy atom. The predicted molar refractivity (Wildman–Crippen MR) is 77.0 cm³/mol. The summed E-state index contributed by atoms with van der Waals surface area (Å²) < 4.78 is 30.9. The Morgan fingerprint density at radius 2 is 2.50 bits per heavy atom. The normalized spacial score (nSPS) is 30.8. The van der Waals surface area contributed by atoms with Gasteiger partial charge < -0.3 is 4.74 Å². The van der Waals surface area contributed by atoms with Crippen molar-refractivity contribution in [2.75, 3.05) is 39.1 Å². The Kier molecular flexibility index (Phi) is 3.85. The highest BCUT2D eigenvalue weighted by atomic mass is 32.2. The molecule has 2 atom stereocenters. The summed E-state index contributed by atoms with van der Waals surface area (Å²) in [6.07, 6.45) is 3.03. The molecular formula is C12H19N3O3S2. The van der Waals surface area contributed by atoms with Crippen LogP contribution in [0.4, 0.5) is 0 Å². The van der Waals surface area contributed by atoms with Crippen molar-refractivity contribution < 1.29 is 13.2 Å². The maximum Gasteiger partial charge on any atom is 0.208 e. The summed E-state index contributed by atoms with van der Waals surface area (Å²) in [5.74, 6) is 0.400. The molecule has 2 fully saturated rings. The van der Waals surface area contributed by atoms with Crippen molar-refractivity contribution in [3.63, 3.8) is 0 Å². The van der Waals surface area contributed by atoms with E-state index in [0.717, 1.165) is 31.2 Å². The Labute approximate surface area is 123 Å². The summed E-state index contributed by atoms with van der Waals surface area (Å²) in [7, 11) is -3.16. The van der Waals surface area contributed by atoms with Gasteiger partial charge in [-0.2, -0.15) is 0 Å². The molecule has 2 aliphatic heterocycles. The van der Waals surface area contributed by atoms with Crippen molar-refractivity contribution in [3.05, 3.63) is 16.6 Å². The number of aromatic nitrogens is 1. The van der Waals surface area contributed by atoms with Gasteiger partial charge in [-0.3, -0.25) is 4.90 Å². The number of rotatable bonds is 5. The van der Waals surface area contributed by atoms with Crippen molar-refractivity contribution in [2.45, 2.75) is 6.54 Å². The molecule has 3 heterocycles. The highest BCUT2D eigenvalue weighted by Gasteiger charge is 2.50. The van der Waals surface area contributed by atoms with E-state index in [-0.39, 0.29) is 5.41 Å². The summed E-state index contributed by atoms with van der Waals surface area (Å²) >= 11 is 1.66. The zero-order valence-electron chi connectivity index (χ0n) is 11.4. The molecule has 8 heteroatoms. The maximum atomic E-state index is 11.3. The van der Waals surface area contributed by atoms with E-state index in [9.17, 15) is 8.42 Å². The number of sulfonamides is 1. The average molecular weight is 317 g/mol. The van der Waals surface area contributed by atoms with Crippen molar-refractivity contribution in [2.24, 2.45) is 11.3 Å². The number of nitrogens with one attached hydrogen (secondary N) is 1. The van der Waals surface area contributed by atoms with Crippen molar-refractivity contribution in [3.8, 4) is 0 Å². The van der Waals surface area contributed by atoms with Crippen LogP contribution >= 0.6 is 11.3 Å². The van der Waals surface area contributed by atoms with Gasteiger partial charge in [0.15, 0.2) is 0 Å². The van der Waals surface area contributed by atoms with Crippen molar-refractivity contribution in [1.82, 2.24) is 14.6 Å². The number of fused-ring (bicyclic) bond motifs is 1. The quantitative estimate of drug-likeness (QED) is 0.836. The lowest BCUT2D eigenvalue weighted by Crippen LogP contribution is -2.42. The minimum Gasteiger partial charge on any atom is -0.380 e. The third-order valence-electron chi connectivity index (χ3n) is 4.12. The third-order valence-corrected chi connectivity index (χ3v) is 5.55. The molecule has 112 valence electrons. The lowest BCUT2D eigenvalue weighted by Gasteiger charge is -2.27. The summed E-state index contributed by atoms with van der Waals surface area (Å²) in [4.78, 5) is 6.67. The van der Waals surface area contributed by atoms with E-state index in [1.807, 2.05) is 11.6 Å². The maximum absolute atomic E-state index is 11.3. The van der Waals surface area contributed by atoms with Gasteiger partial charge in [-0.15, -0.1) is 11.3 Å². The van der Waals surface area contributed by atoms with Crippen LogP contribution in [-0.2, 0) is 21.3 Å². The molecule has 0 aliphatic carbocycles. The van der Waals surface area contributed by atoms with Crippen molar-refractivity contribution >= 4 is 21.4 Å². The molecule has 3 rings (SSSR count). The minimum atomic E-state index is -3.16. The van der Waals surface area contributed by atoms with Gasteiger partial charge in [-0.25, -0.2) is 18.1 Å². The average Bonchev–Trinajstić information content (AvgIpc) is 3.01. The SMILES string of the molecule is CS(=O)(=O)NC[C@]12COC[C@H]1CN(Cc1nccs1)C2. The predicted octanol–water partition coefficient (Wildman–Crippen LogP) is 0.141. The molecule has 0 amide bonds. The zero-order chi connectivity index (χ0) is 14.2. The standard InChI is InChI=1S/C12H19N3O3S2/c1-20(16,17)14-7-12-8-15(4-10(12)6-18-9-12)5-11-13-2-3-19-11/h2-3,10,14H,4-9H2,1H3/t10-,12+/m1/s1. The second-order valence-corrected chi connectivity index (χ2v) is 8.58. The molecule has 0 bridgehead atoms. The molecule has 6 nitrogen and oxygen atoms in total. The van der Waals surface area contributed by atoms with Crippen LogP contribution in [0.15, 0.2) is 11.6 Å². The van der Waals surface area contributed by atoms with E-state index in [4.69, 9.17) is 4.74 Å². The number of hydrogen-bond acceptors (Lipinski definition) is 6. The van der Waals surface area contributed by atoms with Gasteiger partial charge >= 0.3 is 0 Å². The van der Waals surface area contributed by atoms with E-state index < -0.39 is 10.0 Å². The topological polar surface area (TPSA) is 71.5 Å². The molecule has 2 aliphatic rings. The van der Waals surface area contributed by atoms with Gasteiger partial charge in [0.25, 0.3) is 0 Å². The molecule has 2 saturated heterocycles. The van der Waals surface area contributed by atoms with Crippen LogP contribution in [0, 0.1) is 11.3 Å². The van der Waals surface area contributed by atoms with E-state index in [2.05, 4.69) is 14.6 Å². The Bertz CT molecular complexity index is 561. The smallest absolute Gasteiger partial charge is 0.208 e. The first kappa shape index (κ1) is 14.4. The fourth-order valence-electron chi connectivity index (χ4n) is 3.11.